The highest BCUT2D eigenvalue weighted by atomic mass is 32.2. The lowest BCUT2D eigenvalue weighted by Crippen LogP contribution is -2.21. The molecule has 0 radical (unpaired) electrons. The minimum absolute atomic E-state index is 0.109. The first kappa shape index (κ1) is 16.1. The predicted octanol–water partition coefficient (Wildman–Crippen LogP) is 2.59. The van der Waals surface area contributed by atoms with E-state index in [2.05, 4.69) is 10.0 Å². The van der Waals surface area contributed by atoms with Gasteiger partial charge in [0.1, 0.15) is 5.75 Å². The quantitative estimate of drug-likeness (QED) is 0.647. The van der Waals surface area contributed by atoms with Crippen LogP contribution in [0.1, 0.15) is 19.4 Å². The largest absolute Gasteiger partial charge is 0.412 e. The fourth-order valence-corrected chi connectivity index (χ4v) is 1.76. The number of carbonyl (C=O) groups is 2. The maximum Gasteiger partial charge on any atom is 0.412 e. The number of amides is 2. The van der Waals surface area contributed by atoms with Gasteiger partial charge in [-0.15, -0.1) is 0 Å². The van der Waals surface area contributed by atoms with Crippen LogP contribution < -0.4 is 14.8 Å². The molecule has 0 spiro atoms. The molecule has 0 aliphatic rings. The van der Waals surface area contributed by atoms with E-state index in [0.29, 0.717) is 11.3 Å². The van der Waals surface area contributed by atoms with E-state index in [1.165, 1.54) is 19.0 Å². The number of benzene rings is 1. The molecule has 0 saturated heterocycles. The average molecular weight is 294 g/mol. The van der Waals surface area contributed by atoms with Crippen molar-refractivity contribution in [2.45, 2.75) is 13.8 Å². The van der Waals surface area contributed by atoms with E-state index in [-0.39, 0.29) is 5.91 Å². The third kappa shape index (κ3) is 5.36. The van der Waals surface area contributed by atoms with Crippen LogP contribution in [0.3, 0.4) is 0 Å². The summed E-state index contributed by atoms with van der Waals surface area (Å²) in [6.07, 6.45) is 1.26. The van der Waals surface area contributed by atoms with Gasteiger partial charge in [-0.05, 0) is 30.7 Å². The van der Waals surface area contributed by atoms with Crippen molar-refractivity contribution in [1.82, 2.24) is 10.0 Å². The second-order valence-electron chi connectivity index (χ2n) is 3.90. The van der Waals surface area contributed by atoms with Crippen molar-refractivity contribution < 1.29 is 14.3 Å². The number of nitrogens with one attached hydrogen (secondary N) is 2. The zero-order valence-corrected chi connectivity index (χ0v) is 12.5. The van der Waals surface area contributed by atoms with E-state index in [1.54, 1.807) is 37.3 Å². The molecular weight excluding hydrogens is 276 g/mol. The van der Waals surface area contributed by atoms with Gasteiger partial charge in [0, 0.05) is 18.4 Å². The third-order valence-corrected chi connectivity index (χ3v) is 2.96. The van der Waals surface area contributed by atoms with E-state index < -0.39 is 6.09 Å². The molecule has 1 aromatic carbocycles. The Bertz CT molecular complexity index is 498. The molecule has 0 fully saturated rings. The summed E-state index contributed by atoms with van der Waals surface area (Å²) >= 11 is 1.36. The molecule has 0 aliphatic heterocycles. The van der Waals surface area contributed by atoms with Crippen LogP contribution in [0, 0.1) is 0 Å². The highest BCUT2D eigenvalue weighted by Crippen LogP contribution is 2.15. The maximum atomic E-state index is 11.7. The molecule has 1 aromatic rings. The number of ether oxygens (including phenoxy) is 1. The molecule has 1 rings (SSSR count). The normalized spacial score (nSPS) is 10.8. The molecule has 20 heavy (non-hydrogen) atoms. The Kier molecular flexibility index (Phi) is 6.66. The van der Waals surface area contributed by atoms with Gasteiger partial charge in [-0.25, -0.2) is 4.79 Å². The Hall–Kier alpha value is -1.95. The summed E-state index contributed by atoms with van der Waals surface area (Å²) in [7, 11) is 1.50. The summed E-state index contributed by atoms with van der Waals surface area (Å²) in [4.78, 5) is 22.7. The van der Waals surface area contributed by atoms with Crippen LogP contribution in [-0.2, 0) is 4.79 Å². The Morgan fingerprint density at radius 1 is 1.30 bits per heavy atom. The van der Waals surface area contributed by atoms with E-state index in [1.807, 2.05) is 6.92 Å². The second kappa shape index (κ2) is 8.27. The topological polar surface area (TPSA) is 67.4 Å². The SMILES string of the molecule is CCSNC(=O)/C(C)=C/c1ccc(OC(=O)NC)cc1. The molecule has 0 unspecified atom stereocenters. The molecule has 2 N–H and O–H groups in total. The molecule has 0 atom stereocenters. The van der Waals surface area contributed by atoms with Crippen LogP contribution in [0.4, 0.5) is 4.79 Å². The van der Waals surface area contributed by atoms with Gasteiger partial charge in [0.15, 0.2) is 0 Å². The van der Waals surface area contributed by atoms with Crippen LogP contribution >= 0.6 is 11.9 Å². The van der Waals surface area contributed by atoms with Crippen molar-refractivity contribution >= 4 is 30.0 Å². The highest BCUT2D eigenvalue weighted by molar-refractivity contribution is 7.97. The fraction of sp³-hybridized carbons (Fsp3) is 0.286. The standard InChI is InChI=1S/C14H18N2O3S/c1-4-20-16-13(17)10(2)9-11-5-7-12(8-6-11)19-14(18)15-3/h5-9H,4H2,1-3H3,(H,15,18)(H,16,17)/b10-9+. The van der Waals surface area contributed by atoms with Crippen molar-refractivity contribution in [2.24, 2.45) is 0 Å². The summed E-state index contributed by atoms with van der Waals surface area (Å²) in [5, 5.41) is 2.37. The van der Waals surface area contributed by atoms with Gasteiger partial charge >= 0.3 is 6.09 Å². The molecular formula is C14H18N2O3S. The van der Waals surface area contributed by atoms with Gasteiger partial charge in [-0.2, -0.15) is 0 Å². The van der Waals surface area contributed by atoms with Gasteiger partial charge in [0.2, 0.25) is 0 Å². The summed E-state index contributed by atoms with van der Waals surface area (Å²) in [5.41, 5.74) is 1.48. The van der Waals surface area contributed by atoms with Crippen molar-refractivity contribution in [3.8, 4) is 5.75 Å². The molecule has 0 bridgehead atoms. The zero-order valence-electron chi connectivity index (χ0n) is 11.7. The zero-order chi connectivity index (χ0) is 15.0. The van der Waals surface area contributed by atoms with Crippen molar-refractivity contribution in [2.75, 3.05) is 12.8 Å². The maximum absolute atomic E-state index is 11.7. The Labute approximate surface area is 122 Å². The number of carbonyl (C=O) groups excluding carboxylic acids is 2. The molecule has 0 aromatic heterocycles. The minimum Gasteiger partial charge on any atom is -0.410 e. The highest BCUT2D eigenvalue weighted by Gasteiger charge is 2.04. The average Bonchev–Trinajstić information content (AvgIpc) is 2.46. The predicted molar refractivity (Wildman–Crippen MR) is 81.5 cm³/mol. The Balaban J connectivity index is 2.68. The molecule has 0 heterocycles. The first-order valence-corrected chi connectivity index (χ1v) is 7.15. The molecule has 0 saturated carbocycles. The van der Waals surface area contributed by atoms with Crippen LogP contribution in [0.15, 0.2) is 29.8 Å². The second-order valence-corrected chi connectivity index (χ2v) is 4.97. The van der Waals surface area contributed by atoms with Gasteiger partial charge in [-0.1, -0.05) is 31.0 Å². The Morgan fingerprint density at radius 3 is 2.50 bits per heavy atom. The van der Waals surface area contributed by atoms with Gasteiger partial charge in [-0.3, -0.25) is 9.52 Å². The van der Waals surface area contributed by atoms with E-state index in [4.69, 9.17) is 4.74 Å². The summed E-state index contributed by atoms with van der Waals surface area (Å²) in [6, 6.07) is 6.91. The van der Waals surface area contributed by atoms with Gasteiger partial charge in [0.25, 0.3) is 5.91 Å². The lowest BCUT2D eigenvalue weighted by molar-refractivity contribution is -0.115. The number of rotatable bonds is 5. The lowest BCUT2D eigenvalue weighted by Gasteiger charge is -2.04. The molecule has 5 nitrogen and oxygen atoms in total. The van der Waals surface area contributed by atoms with Gasteiger partial charge in [0.05, 0.1) is 0 Å². The summed E-state index contributed by atoms with van der Waals surface area (Å²) in [6.45, 7) is 3.72. The lowest BCUT2D eigenvalue weighted by atomic mass is 10.1. The third-order valence-electron chi connectivity index (χ3n) is 2.35. The van der Waals surface area contributed by atoms with E-state index >= 15 is 0 Å². The fourth-order valence-electron chi connectivity index (χ4n) is 1.32. The summed E-state index contributed by atoms with van der Waals surface area (Å²) in [5.74, 6) is 1.16. The van der Waals surface area contributed by atoms with Crippen molar-refractivity contribution in [3.05, 3.63) is 35.4 Å². The van der Waals surface area contributed by atoms with Crippen LogP contribution in [0.25, 0.3) is 6.08 Å². The Morgan fingerprint density at radius 2 is 1.95 bits per heavy atom. The summed E-state index contributed by atoms with van der Waals surface area (Å²) < 4.78 is 7.70. The van der Waals surface area contributed by atoms with E-state index in [0.717, 1.165) is 11.3 Å². The first-order chi connectivity index (χ1) is 9.56. The molecule has 108 valence electrons. The van der Waals surface area contributed by atoms with Gasteiger partial charge < -0.3 is 10.1 Å². The molecule has 2 amide bonds. The van der Waals surface area contributed by atoms with Crippen LogP contribution in [0.5, 0.6) is 5.75 Å². The van der Waals surface area contributed by atoms with Crippen molar-refractivity contribution in [1.29, 1.82) is 0 Å². The monoisotopic (exact) mass is 294 g/mol. The van der Waals surface area contributed by atoms with Crippen molar-refractivity contribution in [3.63, 3.8) is 0 Å². The molecule has 6 heteroatoms. The number of hydrogen-bond acceptors (Lipinski definition) is 4. The first-order valence-electron chi connectivity index (χ1n) is 6.17. The molecule has 0 aliphatic carbocycles. The minimum atomic E-state index is -0.513. The van der Waals surface area contributed by atoms with Crippen LogP contribution in [-0.4, -0.2) is 24.8 Å². The number of hydrogen-bond donors (Lipinski definition) is 2. The smallest absolute Gasteiger partial charge is 0.410 e. The van der Waals surface area contributed by atoms with E-state index in [9.17, 15) is 9.59 Å². The van der Waals surface area contributed by atoms with Crippen LogP contribution in [0.2, 0.25) is 0 Å².